The molecule has 0 unspecified atom stereocenters. The number of halogens is 1. The molecule has 0 fully saturated rings. The number of hydrazone groups is 1. The van der Waals surface area contributed by atoms with Gasteiger partial charge in [0.15, 0.2) is 0 Å². The SMILES string of the molecule is Cc1ccc(N/N=C\C=N)c(C(=O)N(CCO)[C@@H](C)Cn2cc(-c3ccc(F)cc3)[nH]2)c1. The van der Waals surface area contributed by atoms with Crippen LogP contribution in [0, 0.1) is 18.2 Å². The van der Waals surface area contributed by atoms with E-state index in [1.807, 2.05) is 30.8 Å². The average Bonchev–Trinajstić information content (AvgIpc) is 2.75. The minimum Gasteiger partial charge on any atom is -0.395 e. The lowest BCUT2D eigenvalue weighted by atomic mass is 10.1. The second kappa shape index (κ2) is 10.5. The molecule has 1 amide bonds. The molecule has 0 spiro atoms. The Morgan fingerprint density at radius 2 is 2.06 bits per heavy atom. The van der Waals surface area contributed by atoms with Crippen LogP contribution in [0.1, 0.15) is 22.8 Å². The molecule has 1 heterocycles. The molecule has 0 radical (unpaired) electrons. The van der Waals surface area contributed by atoms with E-state index in [0.717, 1.165) is 23.0 Å². The second-order valence-electron chi connectivity index (χ2n) is 7.49. The molecule has 32 heavy (non-hydrogen) atoms. The maximum atomic E-state index is 13.4. The molecule has 8 nitrogen and oxygen atoms in total. The summed E-state index contributed by atoms with van der Waals surface area (Å²) in [5.41, 5.74) is 6.42. The van der Waals surface area contributed by atoms with Gasteiger partial charge in [0, 0.05) is 30.6 Å². The van der Waals surface area contributed by atoms with Crippen molar-refractivity contribution in [3.05, 3.63) is 65.6 Å². The van der Waals surface area contributed by atoms with Gasteiger partial charge in [-0.05, 0) is 50.2 Å². The number of H-pyrrole nitrogens is 1. The minimum absolute atomic E-state index is 0.166. The van der Waals surface area contributed by atoms with Gasteiger partial charge in [-0.15, -0.1) is 0 Å². The summed E-state index contributed by atoms with van der Waals surface area (Å²) < 4.78 is 15.0. The number of amides is 1. The molecule has 2 aromatic carbocycles. The molecular weight excluding hydrogens is 411 g/mol. The number of aliphatic hydroxyl groups is 1. The van der Waals surface area contributed by atoms with E-state index in [1.54, 1.807) is 29.2 Å². The Bertz CT molecular complexity index is 1070. The lowest BCUT2D eigenvalue weighted by Gasteiger charge is -2.31. The summed E-state index contributed by atoms with van der Waals surface area (Å²) in [7, 11) is 0. The van der Waals surface area contributed by atoms with Crippen LogP contribution in [0.3, 0.4) is 0 Å². The molecule has 3 aromatic rings. The Labute approximate surface area is 185 Å². The van der Waals surface area contributed by atoms with Crippen molar-refractivity contribution in [2.45, 2.75) is 26.4 Å². The van der Waals surface area contributed by atoms with Gasteiger partial charge in [-0.25, -0.2) is 4.39 Å². The molecular formula is C23H27FN6O2. The van der Waals surface area contributed by atoms with E-state index < -0.39 is 0 Å². The van der Waals surface area contributed by atoms with Crippen LogP contribution in [0.2, 0.25) is 0 Å². The highest BCUT2D eigenvalue weighted by atomic mass is 19.1. The van der Waals surface area contributed by atoms with Crippen molar-refractivity contribution in [1.29, 1.82) is 5.41 Å². The van der Waals surface area contributed by atoms with Crippen LogP contribution < -0.4 is 5.43 Å². The Morgan fingerprint density at radius 3 is 2.72 bits per heavy atom. The maximum absolute atomic E-state index is 13.4. The summed E-state index contributed by atoms with van der Waals surface area (Å²) in [6.07, 6.45) is 4.22. The number of aliphatic hydroxyl groups excluding tert-OH is 1. The number of rotatable bonds is 10. The molecule has 0 aliphatic rings. The van der Waals surface area contributed by atoms with E-state index in [0.29, 0.717) is 17.8 Å². The van der Waals surface area contributed by atoms with Gasteiger partial charge >= 0.3 is 0 Å². The van der Waals surface area contributed by atoms with Crippen molar-refractivity contribution in [2.75, 3.05) is 18.6 Å². The number of carbonyl (C=O) groups is 1. The Hall–Kier alpha value is -3.72. The largest absolute Gasteiger partial charge is 0.395 e. The third-order valence-electron chi connectivity index (χ3n) is 5.04. The van der Waals surface area contributed by atoms with Crippen molar-refractivity contribution < 1.29 is 14.3 Å². The number of benzene rings is 2. The van der Waals surface area contributed by atoms with Crippen LogP contribution in [0.25, 0.3) is 11.3 Å². The fraction of sp³-hybridized carbons (Fsp3) is 0.261. The number of nitrogens with zero attached hydrogens (tertiary/aromatic N) is 3. The fourth-order valence-electron chi connectivity index (χ4n) is 3.42. The number of hydrogen-bond donors (Lipinski definition) is 4. The number of hydrogen-bond acceptors (Lipinski definition) is 5. The van der Waals surface area contributed by atoms with Crippen molar-refractivity contribution in [3.8, 4) is 11.3 Å². The number of carbonyl (C=O) groups excluding carboxylic acids is 1. The number of aryl methyl sites for hydroxylation is 1. The number of aromatic amines is 1. The van der Waals surface area contributed by atoms with E-state index in [4.69, 9.17) is 5.41 Å². The quantitative estimate of drug-likeness (QED) is 0.287. The monoisotopic (exact) mass is 438 g/mol. The first-order valence-corrected chi connectivity index (χ1v) is 10.2. The predicted octanol–water partition coefficient (Wildman–Crippen LogP) is 3.50. The average molecular weight is 439 g/mol. The fourth-order valence-corrected chi connectivity index (χ4v) is 3.42. The van der Waals surface area contributed by atoms with Crippen molar-refractivity contribution >= 4 is 24.0 Å². The van der Waals surface area contributed by atoms with Gasteiger partial charge in [-0.1, -0.05) is 11.6 Å². The first-order valence-electron chi connectivity index (χ1n) is 10.2. The summed E-state index contributed by atoms with van der Waals surface area (Å²) in [5.74, 6) is -0.517. The Morgan fingerprint density at radius 1 is 1.34 bits per heavy atom. The molecule has 0 saturated carbocycles. The molecule has 3 rings (SSSR count). The van der Waals surface area contributed by atoms with Gasteiger partial charge in [0.2, 0.25) is 0 Å². The number of nitrogens with one attached hydrogen (secondary N) is 3. The molecule has 0 aliphatic carbocycles. The van der Waals surface area contributed by atoms with Crippen LogP contribution in [-0.2, 0) is 6.54 Å². The molecule has 0 aliphatic heterocycles. The third-order valence-corrected chi connectivity index (χ3v) is 5.04. The van der Waals surface area contributed by atoms with Gasteiger partial charge in [-0.2, -0.15) is 5.10 Å². The van der Waals surface area contributed by atoms with E-state index in [2.05, 4.69) is 15.6 Å². The summed E-state index contributed by atoms with van der Waals surface area (Å²) in [4.78, 5) is 15.0. The normalized spacial score (nSPS) is 12.1. The first-order chi connectivity index (χ1) is 15.4. The summed E-state index contributed by atoms with van der Waals surface area (Å²) in [6.45, 7) is 4.32. The lowest BCUT2D eigenvalue weighted by Crippen LogP contribution is -2.43. The zero-order valence-electron chi connectivity index (χ0n) is 18.0. The molecule has 0 saturated heterocycles. The lowest BCUT2D eigenvalue weighted by molar-refractivity contribution is 0.0627. The summed E-state index contributed by atoms with van der Waals surface area (Å²) in [5, 5.41) is 23.7. The van der Waals surface area contributed by atoms with Crippen LogP contribution in [0.15, 0.2) is 53.8 Å². The van der Waals surface area contributed by atoms with E-state index in [1.165, 1.54) is 18.3 Å². The Balaban J connectivity index is 1.76. The van der Waals surface area contributed by atoms with Gasteiger partial charge in [0.25, 0.3) is 5.91 Å². The maximum Gasteiger partial charge on any atom is 0.256 e. The highest BCUT2D eigenvalue weighted by Crippen LogP contribution is 2.22. The number of aromatic nitrogens is 2. The molecule has 1 aromatic heterocycles. The molecule has 9 heteroatoms. The smallest absolute Gasteiger partial charge is 0.256 e. The van der Waals surface area contributed by atoms with Crippen LogP contribution in [0.5, 0.6) is 0 Å². The standard InChI is InChI=1S/C23H27FN6O2/c1-16-3-8-21(27-26-10-9-25)20(13-16)23(32)30(11-12-31)17(2)14-29-15-22(28-29)18-4-6-19(24)7-5-18/h3-10,13,15,17,25,27-28,31H,11-12,14H2,1-2H3/b25-9?,26-10-/t17-/m0/s1. The van der Waals surface area contributed by atoms with E-state index >= 15 is 0 Å². The zero-order chi connectivity index (χ0) is 23.1. The van der Waals surface area contributed by atoms with Gasteiger partial charge < -0.3 is 15.4 Å². The minimum atomic E-state index is -0.286. The predicted molar refractivity (Wildman–Crippen MR) is 124 cm³/mol. The number of anilines is 1. The highest BCUT2D eigenvalue weighted by Gasteiger charge is 2.24. The Kier molecular flexibility index (Phi) is 7.56. The van der Waals surface area contributed by atoms with Gasteiger partial charge in [0.05, 0.1) is 36.3 Å². The summed E-state index contributed by atoms with van der Waals surface area (Å²) in [6, 6.07) is 11.4. The third kappa shape index (κ3) is 5.50. The topological polar surface area (TPSA) is 110 Å². The van der Waals surface area contributed by atoms with Crippen molar-refractivity contribution in [3.63, 3.8) is 0 Å². The van der Waals surface area contributed by atoms with Crippen LogP contribution in [-0.4, -0.2) is 57.3 Å². The molecule has 168 valence electrons. The zero-order valence-corrected chi connectivity index (χ0v) is 18.0. The first kappa shape index (κ1) is 23.0. The van der Waals surface area contributed by atoms with Crippen LogP contribution in [0.4, 0.5) is 10.1 Å². The van der Waals surface area contributed by atoms with E-state index in [-0.39, 0.29) is 30.9 Å². The highest BCUT2D eigenvalue weighted by molar-refractivity contribution is 6.14. The molecule has 0 bridgehead atoms. The van der Waals surface area contributed by atoms with Crippen LogP contribution >= 0.6 is 0 Å². The second-order valence-corrected chi connectivity index (χ2v) is 7.49. The van der Waals surface area contributed by atoms with Gasteiger partial charge in [-0.3, -0.25) is 20.0 Å². The molecule has 4 N–H and O–H groups in total. The summed E-state index contributed by atoms with van der Waals surface area (Å²) >= 11 is 0. The van der Waals surface area contributed by atoms with Crippen molar-refractivity contribution in [2.24, 2.45) is 5.10 Å². The molecule has 1 atom stereocenters. The van der Waals surface area contributed by atoms with Crippen molar-refractivity contribution in [1.82, 2.24) is 14.7 Å². The van der Waals surface area contributed by atoms with E-state index in [9.17, 15) is 14.3 Å². The van der Waals surface area contributed by atoms with Gasteiger partial charge in [0.1, 0.15) is 5.82 Å².